The van der Waals surface area contributed by atoms with E-state index in [2.05, 4.69) is 12.2 Å². The van der Waals surface area contributed by atoms with E-state index in [4.69, 9.17) is 18.0 Å². The minimum atomic E-state index is -0.660. The molecule has 0 aliphatic heterocycles. The number of amides is 1. The fourth-order valence-electron chi connectivity index (χ4n) is 2.64. The number of nitrogens with two attached hydrogens (primary N) is 1. The van der Waals surface area contributed by atoms with Crippen molar-refractivity contribution in [3.05, 3.63) is 23.8 Å². The molecule has 5 nitrogen and oxygen atoms in total. The molecule has 1 fully saturated rings. The Balaban J connectivity index is 2.19. The molecule has 1 amide bonds. The van der Waals surface area contributed by atoms with Crippen molar-refractivity contribution in [2.45, 2.75) is 38.1 Å². The summed E-state index contributed by atoms with van der Waals surface area (Å²) in [5.41, 5.74) is 5.46. The Morgan fingerprint density at radius 1 is 1.33 bits per heavy atom. The number of rotatable bonds is 3. The average molecular weight is 308 g/mol. The maximum absolute atomic E-state index is 12.3. The van der Waals surface area contributed by atoms with Crippen LogP contribution < -0.4 is 11.1 Å². The largest absolute Gasteiger partial charge is 0.504 e. The average Bonchev–Trinajstić information content (AvgIpc) is 2.44. The van der Waals surface area contributed by atoms with Gasteiger partial charge >= 0.3 is 0 Å². The fourth-order valence-corrected chi connectivity index (χ4v) is 2.90. The second-order valence-electron chi connectivity index (χ2n) is 5.79. The monoisotopic (exact) mass is 308 g/mol. The fraction of sp³-hybridized carbons (Fsp3) is 0.467. The van der Waals surface area contributed by atoms with Gasteiger partial charge in [-0.3, -0.25) is 4.79 Å². The number of phenols is 2. The molecule has 0 aromatic heterocycles. The summed E-state index contributed by atoms with van der Waals surface area (Å²) >= 11 is 5.15. The van der Waals surface area contributed by atoms with Crippen molar-refractivity contribution >= 4 is 23.1 Å². The first-order valence-corrected chi connectivity index (χ1v) is 7.39. The van der Waals surface area contributed by atoms with E-state index in [1.807, 2.05) is 0 Å². The molecule has 1 aromatic carbocycles. The highest BCUT2D eigenvalue weighted by molar-refractivity contribution is 7.80. The predicted molar refractivity (Wildman–Crippen MR) is 84.4 cm³/mol. The van der Waals surface area contributed by atoms with Gasteiger partial charge in [-0.1, -0.05) is 19.1 Å². The third kappa shape index (κ3) is 3.26. The molecule has 0 radical (unpaired) electrons. The van der Waals surface area contributed by atoms with Crippen molar-refractivity contribution in [3.8, 4) is 11.5 Å². The third-order valence-electron chi connectivity index (χ3n) is 4.19. The van der Waals surface area contributed by atoms with Crippen molar-refractivity contribution in [2.75, 3.05) is 0 Å². The van der Waals surface area contributed by atoms with E-state index in [1.165, 1.54) is 18.2 Å². The second-order valence-corrected chi connectivity index (χ2v) is 6.23. The van der Waals surface area contributed by atoms with Gasteiger partial charge in [-0.15, -0.1) is 0 Å². The van der Waals surface area contributed by atoms with Crippen LogP contribution in [-0.2, 0) is 0 Å². The summed E-state index contributed by atoms with van der Waals surface area (Å²) in [6.07, 6.45) is 3.36. The summed E-state index contributed by atoms with van der Waals surface area (Å²) in [6, 6.07) is 3.95. The molecule has 1 aliphatic rings. The van der Waals surface area contributed by atoms with Crippen LogP contribution in [0.1, 0.15) is 43.0 Å². The molecule has 5 N–H and O–H groups in total. The van der Waals surface area contributed by atoms with Gasteiger partial charge in [0.2, 0.25) is 0 Å². The molecular weight excluding hydrogens is 288 g/mol. The zero-order valence-corrected chi connectivity index (χ0v) is 12.7. The molecular formula is C15H20N2O3S. The van der Waals surface area contributed by atoms with Gasteiger partial charge in [-0.25, -0.2) is 0 Å². The lowest BCUT2D eigenvalue weighted by molar-refractivity contribution is 0.0900. The molecule has 0 unspecified atom stereocenters. The van der Waals surface area contributed by atoms with Gasteiger partial charge in [0, 0.05) is 5.56 Å². The van der Waals surface area contributed by atoms with E-state index < -0.39 is 5.54 Å². The Bertz CT molecular complexity index is 566. The number of carbonyl (C=O) groups is 1. The number of hydrogen-bond donors (Lipinski definition) is 4. The van der Waals surface area contributed by atoms with Crippen molar-refractivity contribution in [1.29, 1.82) is 0 Å². The topological polar surface area (TPSA) is 95.6 Å². The van der Waals surface area contributed by atoms with Crippen molar-refractivity contribution < 1.29 is 15.0 Å². The maximum atomic E-state index is 12.3. The maximum Gasteiger partial charge on any atom is 0.252 e. The molecule has 2 rings (SSSR count). The van der Waals surface area contributed by atoms with Gasteiger partial charge < -0.3 is 21.3 Å². The Labute approximate surface area is 129 Å². The highest BCUT2D eigenvalue weighted by Gasteiger charge is 2.38. The summed E-state index contributed by atoms with van der Waals surface area (Å²) in [6.45, 7) is 2.17. The number of aromatic hydroxyl groups is 2. The summed E-state index contributed by atoms with van der Waals surface area (Å²) in [5.74, 6) is -0.346. The normalized spacial score (nSPS) is 25.3. The lowest BCUT2D eigenvalue weighted by Crippen LogP contribution is -2.58. The number of phenolic OH excluding ortho intramolecular Hbond substituents is 2. The molecule has 0 heterocycles. The third-order valence-corrected chi connectivity index (χ3v) is 4.58. The Morgan fingerprint density at radius 2 is 1.95 bits per heavy atom. The SMILES string of the molecule is CC1CCC(NC(=O)c2ccc(O)c(O)c2)(C(N)=S)CC1. The van der Waals surface area contributed by atoms with Crippen LogP contribution in [-0.4, -0.2) is 26.6 Å². The highest BCUT2D eigenvalue weighted by Crippen LogP contribution is 2.33. The van der Waals surface area contributed by atoms with Gasteiger partial charge in [-0.2, -0.15) is 0 Å². The first-order chi connectivity index (χ1) is 9.84. The molecule has 114 valence electrons. The molecule has 0 spiro atoms. The van der Waals surface area contributed by atoms with Gasteiger partial charge in [0.05, 0.1) is 10.5 Å². The van der Waals surface area contributed by atoms with Gasteiger partial charge in [0.1, 0.15) is 0 Å². The predicted octanol–water partition coefficient (Wildman–Crippen LogP) is 2.06. The number of thiocarbonyl (C=S) groups is 1. The Kier molecular flexibility index (Phi) is 4.37. The summed E-state index contributed by atoms with van der Waals surface area (Å²) in [5, 5.41) is 21.7. The zero-order chi connectivity index (χ0) is 15.6. The van der Waals surface area contributed by atoms with Crippen LogP contribution >= 0.6 is 12.2 Å². The van der Waals surface area contributed by atoms with Crippen molar-refractivity contribution in [1.82, 2.24) is 5.32 Å². The lowest BCUT2D eigenvalue weighted by atomic mass is 9.77. The van der Waals surface area contributed by atoms with Crippen LogP contribution in [0, 0.1) is 5.92 Å². The number of benzene rings is 1. The lowest BCUT2D eigenvalue weighted by Gasteiger charge is -2.39. The van der Waals surface area contributed by atoms with Gasteiger partial charge in [0.25, 0.3) is 5.91 Å². The summed E-state index contributed by atoms with van der Waals surface area (Å²) < 4.78 is 0. The minimum Gasteiger partial charge on any atom is -0.504 e. The first kappa shape index (κ1) is 15.6. The zero-order valence-electron chi connectivity index (χ0n) is 11.9. The smallest absolute Gasteiger partial charge is 0.252 e. The van der Waals surface area contributed by atoms with Gasteiger partial charge in [-0.05, 0) is 49.8 Å². The standard InChI is InChI=1S/C15H20N2O3S/c1-9-4-6-15(7-5-9,14(16)21)17-13(20)10-2-3-11(18)12(19)8-10/h2-3,8-9,18-19H,4-7H2,1H3,(H2,16,21)(H,17,20). The molecule has 0 bridgehead atoms. The first-order valence-electron chi connectivity index (χ1n) is 6.98. The highest BCUT2D eigenvalue weighted by atomic mass is 32.1. The molecule has 1 aromatic rings. The quantitative estimate of drug-likeness (QED) is 0.506. The number of nitrogens with one attached hydrogen (secondary N) is 1. The van der Waals surface area contributed by atoms with E-state index in [9.17, 15) is 15.0 Å². The van der Waals surface area contributed by atoms with Crippen LogP contribution in [0.2, 0.25) is 0 Å². The van der Waals surface area contributed by atoms with Crippen LogP contribution in [0.3, 0.4) is 0 Å². The minimum absolute atomic E-state index is 0.262. The van der Waals surface area contributed by atoms with Crippen LogP contribution in [0.4, 0.5) is 0 Å². The Hall–Kier alpha value is -1.82. The molecule has 0 saturated heterocycles. The molecule has 6 heteroatoms. The van der Waals surface area contributed by atoms with E-state index in [0.29, 0.717) is 10.9 Å². The summed E-state index contributed by atoms with van der Waals surface area (Å²) in [4.78, 5) is 12.6. The van der Waals surface area contributed by atoms with Gasteiger partial charge in [0.15, 0.2) is 11.5 Å². The molecule has 21 heavy (non-hydrogen) atoms. The van der Waals surface area contributed by atoms with E-state index in [0.717, 1.165) is 25.7 Å². The van der Waals surface area contributed by atoms with Crippen LogP contribution in [0.25, 0.3) is 0 Å². The molecule has 1 aliphatic carbocycles. The number of carbonyl (C=O) groups excluding carboxylic acids is 1. The van der Waals surface area contributed by atoms with Crippen molar-refractivity contribution in [2.24, 2.45) is 11.7 Å². The number of hydrogen-bond acceptors (Lipinski definition) is 4. The second kappa shape index (κ2) is 5.89. The van der Waals surface area contributed by atoms with E-state index in [-0.39, 0.29) is 23.0 Å². The molecule has 0 atom stereocenters. The summed E-state index contributed by atoms with van der Waals surface area (Å²) in [7, 11) is 0. The molecule has 1 saturated carbocycles. The van der Waals surface area contributed by atoms with Crippen LogP contribution in [0.5, 0.6) is 11.5 Å². The van der Waals surface area contributed by atoms with Crippen molar-refractivity contribution in [3.63, 3.8) is 0 Å². The van der Waals surface area contributed by atoms with E-state index >= 15 is 0 Å². The van der Waals surface area contributed by atoms with E-state index in [1.54, 1.807) is 0 Å². The Morgan fingerprint density at radius 3 is 2.48 bits per heavy atom. The van der Waals surface area contributed by atoms with Crippen LogP contribution in [0.15, 0.2) is 18.2 Å².